The maximum Gasteiger partial charge on any atom is 0.310 e. The van der Waals surface area contributed by atoms with Crippen molar-refractivity contribution in [1.29, 1.82) is 0 Å². The van der Waals surface area contributed by atoms with Crippen molar-refractivity contribution < 1.29 is 14.3 Å². The number of carbonyl (C=O) groups is 2. The van der Waals surface area contributed by atoms with Crippen LogP contribution in [0.2, 0.25) is 10.0 Å². The first-order valence-corrected chi connectivity index (χ1v) is 7.32. The SMILES string of the molecule is CCC(=O)Oc1ccc(C(=O)Nc2ccc(Cl)cc2Cl)cc1. The molecule has 0 spiro atoms. The van der Waals surface area contributed by atoms with E-state index < -0.39 is 0 Å². The number of nitrogens with one attached hydrogen (secondary N) is 1. The Hall–Kier alpha value is -2.04. The van der Waals surface area contributed by atoms with Crippen LogP contribution in [0.4, 0.5) is 5.69 Å². The van der Waals surface area contributed by atoms with Crippen LogP contribution in [0.15, 0.2) is 42.5 Å². The van der Waals surface area contributed by atoms with Gasteiger partial charge >= 0.3 is 5.97 Å². The van der Waals surface area contributed by atoms with E-state index in [1.807, 2.05) is 0 Å². The number of benzene rings is 2. The van der Waals surface area contributed by atoms with Crippen molar-refractivity contribution >= 4 is 40.8 Å². The molecule has 0 radical (unpaired) electrons. The second-order valence-corrected chi connectivity index (χ2v) is 5.27. The average molecular weight is 338 g/mol. The van der Waals surface area contributed by atoms with Gasteiger partial charge in [-0.05, 0) is 42.5 Å². The summed E-state index contributed by atoms with van der Waals surface area (Å²) in [5.41, 5.74) is 0.889. The van der Waals surface area contributed by atoms with Crippen LogP contribution in [0.1, 0.15) is 23.7 Å². The molecule has 0 heterocycles. The number of ether oxygens (including phenoxy) is 1. The lowest BCUT2D eigenvalue weighted by Gasteiger charge is -2.08. The fourth-order valence-corrected chi connectivity index (χ4v) is 2.12. The van der Waals surface area contributed by atoms with Crippen LogP contribution in [0, 0.1) is 0 Å². The lowest BCUT2D eigenvalue weighted by molar-refractivity contribution is -0.134. The number of amides is 1. The number of halogens is 2. The molecule has 1 N–H and O–H groups in total. The molecule has 114 valence electrons. The fraction of sp³-hybridized carbons (Fsp3) is 0.125. The first kappa shape index (κ1) is 16.3. The van der Waals surface area contributed by atoms with E-state index in [0.717, 1.165) is 0 Å². The Morgan fingerprint density at radius 1 is 1.09 bits per heavy atom. The molecule has 0 saturated carbocycles. The molecule has 0 bridgehead atoms. The summed E-state index contributed by atoms with van der Waals surface area (Å²) < 4.78 is 5.04. The highest BCUT2D eigenvalue weighted by Crippen LogP contribution is 2.26. The van der Waals surface area contributed by atoms with Gasteiger partial charge in [-0.2, -0.15) is 0 Å². The van der Waals surface area contributed by atoms with E-state index in [-0.39, 0.29) is 18.3 Å². The van der Waals surface area contributed by atoms with Crippen LogP contribution in [-0.2, 0) is 4.79 Å². The zero-order chi connectivity index (χ0) is 16.1. The van der Waals surface area contributed by atoms with Gasteiger partial charge in [-0.25, -0.2) is 0 Å². The molecule has 0 unspecified atom stereocenters. The fourth-order valence-electron chi connectivity index (χ4n) is 1.66. The topological polar surface area (TPSA) is 55.4 Å². The minimum atomic E-state index is -0.329. The van der Waals surface area contributed by atoms with E-state index in [9.17, 15) is 9.59 Å². The molecule has 6 heteroatoms. The molecule has 22 heavy (non-hydrogen) atoms. The highest BCUT2D eigenvalue weighted by molar-refractivity contribution is 6.36. The summed E-state index contributed by atoms with van der Waals surface area (Å²) in [5.74, 6) is -0.254. The predicted molar refractivity (Wildman–Crippen MR) is 86.8 cm³/mol. The van der Waals surface area contributed by atoms with Gasteiger partial charge in [0.25, 0.3) is 5.91 Å². The van der Waals surface area contributed by atoms with E-state index in [1.165, 1.54) is 0 Å². The maximum absolute atomic E-state index is 12.1. The Morgan fingerprint density at radius 2 is 1.77 bits per heavy atom. The van der Waals surface area contributed by atoms with Gasteiger partial charge in [0.15, 0.2) is 0 Å². The summed E-state index contributed by atoms with van der Waals surface area (Å²) in [6.45, 7) is 1.71. The largest absolute Gasteiger partial charge is 0.427 e. The maximum atomic E-state index is 12.1. The van der Waals surface area contributed by atoms with Gasteiger partial charge in [0.1, 0.15) is 5.75 Å². The third-order valence-corrected chi connectivity index (χ3v) is 3.36. The lowest BCUT2D eigenvalue weighted by Crippen LogP contribution is -2.12. The minimum absolute atomic E-state index is 0.289. The van der Waals surface area contributed by atoms with Gasteiger partial charge < -0.3 is 10.1 Å². The molecular formula is C16H13Cl2NO3. The Morgan fingerprint density at radius 3 is 2.36 bits per heavy atom. The molecule has 0 atom stereocenters. The zero-order valence-corrected chi connectivity index (χ0v) is 13.2. The van der Waals surface area contributed by atoms with Gasteiger partial charge in [-0.15, -0.1) is 0 Å². The van der Waals surface area contributed by atoms with Gasteiger partial charge in [0.2, 0.25) is 0 Å². The van der Waals surface area contributed by atoms with Crippen LogP contribution in [0.5, 0.6) is 5.75 Å². The quantitative estimate of drug-likeness (QED) is 0.657. The zero-order valence-electron chi connectivity index (χ0n) is 11.7. The molecule has 2 aromatic carbocycles. The highest BCUT2D eigenvalue weighted by atomic mass is 35.5. The third-order valence-electron chi connectivity index (χ3n) is 2.82. The summed E-state index contributed by atoms with van der Waals surface area (Å²) in [7, 11) is 0. The van der Waals surface area contributed by atoms with Crippen molar-refractivity contribution in [3.05, 3.63) is 58.1 Å². The third kappa shape index (κ3) is 4.23. The van der Waals surface area contributed by atoms with Crippen molar-refractivity contribution in [2.45, 2.75) is 13.3 Å². The first-order chi connectivity index (χ1) is 10.5. The second kappa shape index (κ2) is 7.29. The normalized spacial score (nSPS) is 10.1. The molecule has 0 saturated heterocycles. The predicted octanol–water partition coefficient (Wildman–Crippen LogP) is 4.56. The van der Waals surface area contributed by atoms with Crippen LogP contribution >= 0.6 is 23.2 Å². The van der Waals surface area contributed by atoms with Crippen LogP contribution in [-0.4, -0.2) is 11.9 Å². The average Bonchev–Trinajstić information content (AvgIpc) is 2.50. The van der Waals surface area contributed by atoms with E-state index in [2.05, 4.69) is 5.32 Å². The first-order valence-electron chi connectivity index (χ1n) is 6.56. The Kier molecular flexibility index (Phi) is 5.41. The minimum Gasteiger partial charge on any atom is -0.427 e. The monoisotopic (exact) mass is 337 g/mol. The highest BCUT2D eigenvalue weighted by Gasteiger charge is 2.10. The van der Waals surface area contributed by atoms with Crippen molar-refractivity contribution in [3.8, 4) is 5.75 Å². The van der Waals surface area contributed by atoms with Gasteiger partial charge in [-0.1, -0.05) is 30.1 Å². The number of hydrogen-bond donors (Lipinski definition) is 1. The summed E-state index contributed by atoms with van der Waals surface area (Å²) in [6, 6.07) is 11.1. The molecule has 1 amide bonds. The summed E-state index contributed by atoms with van der Waals surface area (Å²) >= 11 is 11.8. The Balaban J connectivity index is 2.08. The summed E-state index contributed by atoms with van der Waals surface area (Å²) in [6.07, 6.45) is 0.289. The number of hydrogen-bond acceptors (Lipinski definition) is 3. The molecule has 2 aromatic rings. The number of rotatable bonds is 4. The van der Waals surface area contributed by atoms with E-state index in [1.54, 1.807) is 49.4 Å². The molecule has 0 aliphatic carbocycles. The molecule has 0 aromatic heterocycles. The van der Waals surface area contributed by atoms with Crippen molar-refractivity contribution in [2.24, 2.45) is 0 Å². The number of esters is 1. The van der Waals surface area contributed by atoms with Gasteiger partial charge in [0, 0.05) is 17.0 Å². The number of carbonyl (C=O) groups excluding carboxylic acids is 2. The van der Waals surface area contributed by atoms with E-state index >= 15 is 0 Å². The smallest absolute Gasteiger partial charge is 0.310 e. The Labute approximate surface area is 138 Å². The molecule has 4 nitrogen and oxygen atoms in total. The molecule has 0 aliphatic heterocycles. The van der Waals surface area contributed by atoms with Crippen molar-refractivity contribution in [1.82, 2.24) is 0 Å². The Bertz CT molecular complexity index is 699. The van der Waals surface area contributed by atoms with E-state index in [4.69, 9.17) is 27.9 Å². The lowest BCUT2D eigenvalue weighted by atomic mass is 10.2. The van der Waals surface area contributed by atoms with Crippen molar-refractivity contribution in [3.63, 3.8) is 0 Å². The van der Waals surface area contributed by atoms with E-state index in [0.29, 0.717) is 27.0 Å². The standard InChI is InChI=1S/C16H13Cl2NO3/c1-2-15(20)22-12-6-3-10(4-7-12)16(21)19-14-8-5-11(17)9-13(14)18/h3-9H,2H2,1H3,(H,19,21). The van der Waals surface area contributed by atoms with Crippen molar-refractivity contribution in [2.75, 3.05) is 5.32 Å². The summed E-state index contributed by atoms with van der Waals surface area (Å²) in [5, 5.41) is 3.53. The van der Waals surface area contributed by atoms with Crippen LogP contribution in [0.3, 0.4) is 0 Å². The molecular weight excluding hydrogens is 325 g/mol. The molecule has 2 rings (SSSR count). The summed E-state index contributed by atoms with van der Waals surface area (Å²) in [4.78, 5) is 23.3. The second-order valence-electron chi connectivity index (χ2n) is 4.43. The molecule has 0 fully saturated rings. The number of anilines is 1. The van der Waals surface area contributed by atoms with Crippen LogP contribution in [0.25, 0.3) is 0 Å². The molecule has 0 aliphatic rings. The van der Waals surface area contributed by atoms with Crippen LogP contribution < -0.4 is 10.1 Å². The van der Waals surface area contributed by atoms with Gasteiger partial charge in [0.05, 0.1) is 10.7 Å². The van der Waals surface area contributed by atoms with Gasteiger partial charge in [-0.3, -0.25) is 9.59 Å².